The Morgan fingerprint density at radius 1 is 1.09 bits per heavy atom. The van der Waals surface area contributed by atoms with Gasteiger partial charge in [-0.3, -0.25) is 19.4 Å². The average Bonchev–Trinajstić information content (AvgIpc) is 3.20. The third kappa shape index (κ3) is 5.58. The molecule has 1 heterocycles. The van der Waals surface area contributed by atoms with Crippen LogP contribution in [0.5, 0.6) is 0 Å². The van der Waals surface area contributed by atoms with Gasteiger partial charge in [-0.2, -0.15) is 0 Å². The highest BCUT2D eigenvalue weighted by Crippen LogP contribution is 2.37. The summed E-state index contributed by atoms with van der Waals surface area (Å²) in [6, 6.07) is 9.84. The van der Waals surface area contributed by atoms with Crippen molar-refractivity contribution in [3.05, 3.63) is 64.2 Å². The molecule has 8 nitrogen and oxygen atoms in total. The van der Waals surface area contributed by atoms with E-state index < -0.39 is 5.97 Å². The maximum atomic E-state index is 13.0. The summed E-state index contributed by atoms with van der Waals surface area (Å²) in [6.07, 6.45) is 1.89. The normalized spacial score (nSPS) is 22.2. The summed E-state index contributed by atoms with van der Waals surface area (Å²) < 4.78 is 5.52. The van der Waals surface area contributed by atoms with E-state index in [0.717, 1.165) is 5.56 Å². The number of aliphatic carboxylic acids is 1. The Balaban J connectivity index is 1.52. The van der Waals surface area contributed by atoms with Crippen LogP contribution in [0.4, 0.5) is 0 Å². The smallest absolute Gasteiger partial charge is 0.305 e. The molecule has 2 aliphatic rings. The quantitative estimate of drug-likeness (QED) is 0.438. The molecule has 184 valence electrons. The van der Waals surface area contributed by atoms with Crippen LogP contribution in [0.2, 0.25) is 0 Å². The van der Waals surface area contributed by atoms with Gasteiger partial charge < -0.3 is 14.7 Å². The molecule has 35 heavy (non-hydrogen) atoms. The largest absolute Gasteiger partial charge is 0.511 e. The number of hydrogen-bond donors (Lipinski definition) is 2. The third-order valence-corrected chi connectivity index (χ3v) is 6.61. The molecule has 1 saturated carbocycles. The van der Waals surface area contributed by atoms with Gasteiger partial charge in [-0.1, -0.05) is 49.3 Å². The van der Waals surface area contributed by atoms with E-state index in [2.05, 4.69) is 10.1 Å². The van der Waals surface area contributed by atoms with E-state index >= 15 is 0 Å². The van der Waals surface area contributed by atoms with Crippen LogP contribution in [0.1, 0.15) is 79.2 Å². The second-order valence-electron chi connectivity index (χ2n) is 10.1. The molecule has 0 amide bonds. The molecule has 2 aromatic rings. The molecule has 8 heteroatoms. The summed E-state index contributed by atoms with van der Waals surface area (Å²) in [7, 11) is 0. The topological polar surface area (TPSA) is 130 Å². The zero-order valence-corrected chi connectivity index (χ0v) is 20.0. The highest BCUT2D eigenvalue weighted by Gasteiger charge is 2.37. The van der Waals surface area contributed by atoms with Gasteiger partial charge in [-0.15, -0.1) is 0 Å². The van der Waals surface area contributed by atoms with Crippen molar-refractivity contribution >= 4 is 23.2 Å². The number of carbonyl (C=O) groups excluding carboxylic acids is 2. The van der Waals surface area contributed by atoms with Crippen molar-refractivity contribution in [1.82, 2.24) is 5.16 Å². The minimum absolute atomic E-state index is 0.0325. The summed E-state index contributed by atoms with van der Waals surface area (Å²) in [5, 5.41) is 23.9. The standard InChI is InChI=1S/C27H30N2O6/c1-27(2)14-19(28-11-10-24(33)34)25(22(32)15-27)20(30)9-8-18-26-21(31)12-17(13-23(26)35-29-18)16-6-4-3-5-7-16/h3-7,17,30H,8-15H2,1-2H3,(H,33,34)/b25-20+,28-19?. The van der Waals surface area contributed by atoms with Gasteiger partial charge in [0.05, 0.1) is 23.3 Å². The molecule has 0 radical (unpaired) electrons. The monoisotopic (exact) mass is 478 g/mol. The Labute approximate surface area is 203 Å². The minimum Gasteiger partial charge on any atom is -0.511 e. The van der Waals surface area contributed by atoms with Gasteiger partial charge in [0.1, 0.15) is 11.5 Å². The number of hydrogen-bond acceptors (Lipinski definition) is 7. The van der Waals surface area contributed by atoms with Crippen LogP contribution in [-0.4, -0.2) is 45.2 Å². The highest BCUT2D eigenvalue weighted by molar-refractivity contribution is 6.24. The van der Waals surface area contributed by atoms with Crippen molar-refractivity contribution in [3.8, 4) is 0 Å². The number of carbonyl (C=O) groups is 3. The molecule has 2 aliphatic carbocycles. The van der Waals surface area contributed by atoms with E-state index in [1.165, 1.54) is 0 Å². The van der Waals surface area contributed by atoms with Crippen molar-refractivity contribution in [2.75, 3.05) is 6.54 Å². The number of Topliss-reactive ketones (excluding diaryl/α,β-unsaturated/α-hetero) is 2. The number of fused-ring (bicyclic) bond motifs is 1. The van der Waals surface area contributed by atoms with E-state index in [0.29, 0.717) is 42.0 Å². The van der Waals surface area contributed by atoms with Crippen LogP contribution in [0.25, 0.3) is 0 Å². The fourth-order valence-corrected chi connectivity index (χ4v) is 4.97. The summed E-state index contributed by atoms with van der Waals surface area (Å²) in [4.78, 5) is 41.1. The maximum Gasteiger partial charge on any atom is 0.305 e. The van der Waals surface area contributed by atoms with E-state index in [1.54, 1.807) is 0 Å². The Hall–Kier alpha value is -3.55. The number of carboxylic acids is 1. The highest BCUT2D eigenvalue weighted by atomic mass is 16.5. The van der Waals surface area contributed by atoms with Gasteiger partial charge in [0.25, 0.3) is 0 Å². The maximum absolute atomic E-state index is 13.0. The number of ketones is 2. The number of aliphatic hydroxyl groups is 1. The molecule has 1 atom stereocenters. The van der Waals surface area contributed by atoms with Gasteiger partial charge in [0.15, 0.2) is 11.6 Å². The van der Waals surface area contributed by atoms with Crippen LogP contribution in [-0.2, 0) is 22.4 Å². The summed E-state index contributed by atoms with van der Waals surface area (Å²) >= 11 is 0. The first-order chi connectivity index (χ1) is 16.6. The first-order valence-electron chi connectivity index (χ1n) is 11.9. The molecule has 2 N–H and O–H groups in total. The number of benzene rings is 1. The second kappa shape index (κ2) is 9.98. The van der Waals surface area contributed by atoms with Crippen molar-refractivity contribution in [2.24, 2.45) is 10.4 Å². The Morgan fingerprint density at radius 2 is 1.83 bits per heavy atom. The molecular formula is C27H30N2O6. The van der Waals surface area contributed by atoms with Crippen LogP contribution < -0.4 is 0 Å². The van der Waals surface area contributed by atoms with Crippen LogP contribution in [0, 0.1) is 5.41 Å². The van der Waals surface area contributed by atoms with Crippen molar-refractivity contribution < 1.29 is 29.1 Å². The molecule has 0 saturated heterocycles. The zero-order chi connectivity index (χ0) is 25.2. The number of carboxylic acid groups (broad SMARTS) is 1. The van der Waals surface area contributed by atoms with Crippen molar-refractivity contribution in [3.63, 3.8) is 0 Å². The SMILES string of the molecule is CC1(C)CC(=O)/C(=C(/O)CCc2noc3c2C(=O)CC(c2ccccc2)C3)C(=NCCC(=O)O)C1. The number of nitrogens with zero attached hydrogens (tertiary/aromatic N) is 2. The molecule has 0 spiro atoms. The Bertz CT molecular complexity index is 1210. The molecule has 0 bridgehead atoms. The summed E-state index contributed by atoms with van der Waals surface area (Å²) in [6.45, 7) is 3.93. The first-order valence-corrected chi connectivity index (χ1v) is 11.9. The lowest BCUT2D eigenvalue weighted by Gasteiger charge is -2.31. The molecule has 1 unspecified atom stereocenters. The lowest BCUT2D eigenvalue weighted by molar-refractivity contribution is -0.136. The molecule has 1 aromatic heterocycles. The number of aryl methyl sites for hydroxylation is 1. The van der Waals surface area contributed by atoms with Gasteiger partial charge in [-0.25, -0.2) is 0 Å². The average molecular weight is 479 g/mol. The summed E-state index contributed by atoms with van der Waals surface area (Å²) in [5.74, 6) is -0.724. The van der Waals surface area contributed by atoms with E-state index in [1.807, 2.05) is 44.2 Å². The fraction of sp³-hybridized carbons (Fsp3) is 0.444. The van der Waals surface area contributed by atoms with Crippen molar-refractivity contribution in [1.29, 1.82) is 0 Å². The zero-order valence-electron chi connectivity index (χ0n) is 20.0. The Morgan fingerprint density at radius 3 is 2.54 bits per heavy atom. The lowest BCUT2D eigenvalue weighted by Crippen LogP contribution is -2.33. The van der Waals surface area contributed by atoms with Gasteiger partial charge in [0, 0.05) is 44.4 Å². The van der Waals surface area contributed by atoms with E-state index in [9.17, 15) is 19.5 Å². The van der Waals surface area contributed by atoms with Crippen LogP contribution in [0.3, 0.4) is 0 Å². The number of aromatic nitrogens is 1. The van der Waals surface area contributed by atoms with E-state index in [-0.39, 0.29) is 66.5 Å². The number of aliphatic hydroxyl groups excluding tert-OH is 1. The number of rotatable bonds is 7. The fourth-order valence-electron chi connectivity index (χ4n) is 4.97. The summed E-state index contributed by atoms with van der Waals surface area (Å²) in [5.41, 5.74) is 2.34. The van der Waals surface area contributed by atoms with Gasteiger partial charge in [0.2, 0.25) is 0 Å². The predicted molar refractivity (Wildman–Crippen MR) is 129 cm³/mol. The first kappa shape index (κ1) is 24.6. The molecule has 1 fully saturated rings. The molecule has 4 rings (SSSR count). The van der Waals surface area contributed by atoms with E-state index in [4.69, 9.17) is 9.63 Å². The second-order valence-corrected chi connectivity index (χ2v) is 10.1. The molecule has 1 aromatic carbocycles. The molecular weight excluding hydrogens is 448 g/mol. The van der Waals surface area contributed by atoms with Gasteiger partial charge in [-0.05, 0) is 23.3 Å². The number of aliphatic imine (C=N–C) groups is 1. The van der Waals surface area contributed by atoms with Crippen molar-refractivity contribution in [2.45, 2.75) is 64.7 Å². The Kier molecular flexibility index (Phi) is 7.00. The lowest BCUT2D eigenvalue weighted by atomic mass is 9.73. The molecule has 0 aliphatic heterocycles. The van der Waals surface area contributed by atoms with Crippen LogP contribution in [0.15, 0.2) is 51.2 Å². The van der Waals surface area contributed by atoms with Crippen LogP contribution >= 0.6 is 0 Å². The van der Waals surface area contributed by atoms with Gasteiger partial charge >= 0.3 is 5.97 Å². The predicted octanol–water partition coefficient (Wildman–Crippen LogP) is 4.64. The minimum atomic E-state index is -0.972. The third-order valence-electron chi connectivity index (χ3n) is 6.61. The number of allylic oxidation sites excluding steroid dienone is 2.